The number of likely N-dealkylation sites (tertiary alicyclic amines) is 1. The third-order valence-corrected chi connectivity index (χ3v) is 5.26. The third-order valence-electron chi connectivity index (χ3n) is 5.26. The maximum Gasteiger partial charge on any atom is 0.154 e. The molecule has 1 aliphatic heterocycles. The molecule has 0 amide bonds. The average molecular weight is 350 g/mol. The molecule has 26 heavy (non-hydrogen) atoms. The zero-order valence-corrected chi connectivity index (χ0v) is 15.7. The van der Waals surface area contributed by atoms with Crippen LogP contribution in [0, 0.1) is 6.92 Å². The molecule has 0 radical (unpaired) electrons. The number of aryl methyl sites for hydroxylation is 1. The number of aromatic amines is 1. The molecule has 2 aromatic heterocycles. The summed E-state index contributed by atoms with van der Waals surface area (Å²) >= 11 is 0. The Morgan fingerprint density at radius 3 is 2.81 bits per heavy atom. The molecule has 0 aliphatic carbocycles. The fourth-order valence-corrected chi connectivity index (χ4v) is 3.69. The second-order valence-corrected chi connectivity index (χ2v) is 7.57. The Labute approximate surface area is 154 Å². The van der Waals surface area contributed by atoms with Crippen LogP contribution in [-0.2, 0) is 6.54 Å². The SMILES string of the molecule is Cc1ccc(-c2[nH]ncc2CN2CCC[C@H]2c2cc(C(C)C)no2)cc1. The Morgan fingerprint density at radius 1 is 1.27 bits per heavy atom. The third kappa shape index (κ3) is 3.31. The van der Waals surface area contributed by atoms with E-state index in [9.17, 15) is 0 Å². The fraction of sp³-hybridized carbons (Fsp3) is 0.429. The van der Waals surface area contributed by atoms with E-state index in [4.69, 9.17) is 4.52 Å². The highest BCUT2D eigenvalue weighted by molar-refractivity contribution is 5.62. The Kier molecular flexibility index (Phi) is 4.64. The number of nitrogens with one attached hydrogen (secondary N) is 1. The number of aromatic nitrogens is 3. The quantitative estimate of drug-likeness (QED) is 0.716. The van der Waals surface area contributed by atoms with Gasteiger partial charge in [0.1, 0.15) is 0 Å². The van der Waals surface area contributed by atoms with Crippen molar-refractivity contribution in [1.29, 1.82) is 0 Å². The fourth-order valence-electron chi connectivity index (χ4n) is 3.69. The maximum absolute atomic E-state index is 5.67. The van der Waals surface area contributed by atoms with Gasteiger partial charge in [0.15, 0.2) is 5.76 Å². The lowest BCUT2D eigenvalue weighted by Crippen LogP contribution is -2.22. The summed E-state index contributed by atoms with van der Waals surface area (Å²) in [6.07, 6.45) is 4.25. The second-order valence-electron chi connectivity index (χ2n) is 7.57. The lowest BCUT2D eigenvalue weighted by Gasteiger charge is -2.22. The van der Waals surface area contributed by atoms with Crippen LogP contribution in [0.1, 0.15) is 61.2 Å². The number of benzene rings is 1. The van der Waals surface area contributed by atoms with Crippen LogP contribution in [0.4, 0.5) is 0 Å². The highest BCUT2D eigenvalue weighted by atomic mass is 16.5. The van der Waals surface area contributed by atoms with Gasteiger partial charge in [0.25, 0.3) is 0 Å². The molecule has 5 heteroatoms. The Balaban J connectivity index is 1.55. The molecule has 0 unspecified atom stereocenters. The van der Waals surface area contributed by atoms with E-state index >= 15 is 0 Å². The highest BCUT2D eigenvalue weighted by Crippen LogP contribution is 2.35. The highest BCUT2D eigenvalue weighted by Gasteiger charge is 2.30. The second kappa shape index (κ2) is 7.08. The van der Waals surface area contributed by atoms with Crippen molar-refractivity contribution in [3.05, 3.63) is 59.1 Å². The van der Waals surface area contributed by atoms with Crippen molar-refractivity contribution in [2.75, 3.05) is 6.54 Å². The van der Waals surface area contributed by atoms with E-state index in [-0.39, 0.29) is 0 Å². The molecular weight excluding hydrogens is 324 g/mol. The first kappa shape index (κ1) is 17.0. The monoisotopic (exact) mass is 350 g/mol. The zero-order chi connectivity index (χ0) is 18.1. The molecule has 3 aromatic rings. The van der Waals surface area contributed by atoms with E-state index in [0.717, 1.165) is 36.7 Å². The van der Waals surface area contributed by atoms with Crippen molar-refractivity contribution in [1.82, 2.24) is 20.3 Å². The van der Waals surface area contributed by atoms with Gasteiger partial charge in [0, 0.05) is 18.2 Å². The minimum atomic E-state index is 0.302. The molecule has 0 bridgehead atoms. The Morgan fingerprint density at radius 2 is 2.08 bits per heavy atom. The summed E-state index contributed by atoms with van der Waals surface area (Å²) in [5.41, 5.74) is 5.82. The van der Waals surface area contributed by atoms with Crippen molar-refractivity contribution in [2.45, 2.75) is 52.1 Å². The van der Waals surface area contributed by atoms with Gasteiger partial charge in [-0.05, 0) is 37.8 Å². The van der Waals surface area contributed by atoms with Crippen molar-refractivity contribution < 1.29 is 4.52 Å². The standard InChI is InChI=1S/C21H26N4O/c1-14(2)18-11-20(26-24-18)19-5-4-10-25(19)13-17-12-22-23-21(17)16-8-6-15(3)7-9-16/h6-9,11-12,14,19H,4-5,10,13H2,1-3H3,(H,22,23)/t19-/m0/s1. The summed E-state index contributed by atoms with van der Waals surface area (Å²) in [5.74, 6) is 1.39. The molecule has 5 nitrogen and oxygen atoms in total. The van der Waals surface area contributed by atoms with Crippen LogP contribution < -0.4 is 0 Å². The molecule has 4 rings (SSSR count). The van der Waals surface area contributed by atoms with Crippen LogP contribution >= 0.6 is 0 Å². The van der Waals surface area contributed by atoms with E-state index < -0.39 is 0 Å². The minimum absolute atomic E-state index is 0.302. The molecule has 1 aromatic carbocycles. The summed E-state index contributed by atoms with van der Waals surface area (Å²) in [6, 6.07) is 11.0. The smallest absolute Gasteiger partial charge is 0.154 e. The van der Waals surface area contributed by atoms with Crippen molar-refractivity contribution >= 4 is 0 Å². The van der Waals surface area contributed by atoms with Gasteiger partial charge in [0.2, 0.25) is 0 Å². The first-order valence-electron chi connectivity index (χ1n) is 9.41. The normalized spacial score (nSPS) is 18.1. The molecule has 0 saturated carbocycles. The Bertz CT molecular complexity index is 862. The zero-order valence-electron chi connectivity index (χ0n) is 15.7. The van der Waals surface area contributed by atoms with Crippen molar-refractivity contribution in [3.63, 3.8) is 0 Å². The average Bonchev–Trinajstić information content (AvgIpc) is 3.35. The van der Waals surface area contributed by atoms with Gasteiger partial charge < -0.3 is 4.52 Å². The van der Waals surface area contributed by atoms with E-state index in [0.29, 0.717) is 12.0 Å². The number of nitrogens with zero attached hydrogens (tertiary/aromatic N) is 3. The van der Waals surface area contributed by atoms with Gasteiger partial charge in [-0.25, -0.2) is 0 Å². The summed E-state index contributed by atoms with van der Waals surface area (Å²) in [6.45, 7) is 8.33. The minimum Gasteiger partial charge on any atom is -0.359 e. The van der Waals surface area contributed by atoms with Crippen molar-refractivity contribution in [3.8, 4) is 11.3 Å². The maximum atomic E-state index is 5.67. The molecule has 1 atom stereocenters. The molecule has 1 saturated heterocycles. The van der Waals surface area contributed by atoms with E-state index in [1.807, 2.05) is 6.20 Å². The van der Waals surface area contributed by atoms with Crippen LogP contribution in [0.25, 0.3) is 11.3 Å². The molecule has 1 aliphatic rings. The summed E-state index contributed by atoms with van der Waals surface area (Å²) in [5, 5.41) is 11.7. The van der Waals surface area contributed by atoms with Gasteiger partial charge in [0.05, 0.1) is 23.6 Å². The van der Waals surface area contributed by atoms with Crippen LogP contribution in [0.5, 0.6) is 0 Å². The number of H-pyrrole nitrogens is 1. The molecule has 0 spiro atoms. The van der Waals surface area contributed by atoms with Crippen molar-refractivity contribution in [2.24, 2.45) is 0 Å². The summed E-state index contributed by atoms with van der Waals surface area (Å²) in [7, 11) is 0. The first-order chi connectivity index (χ1) is 12.6. The Hall–Kier alpha value is -2.40. The number of hydrogen-bond acceptors (Lipinski definition) is 4. The van der Waals surface area contributed by atoms with Crippen LogP contribution in [-0.4, -0.2) is 26.8 Å². The van der Waals surface area contributed by atoms with Gasteiger partial charge in [-0.2, -0.15) is 5.10 Å². The van der Waals surface area contributed by atoms with Crippen LogP contribution in [0.15, 0.2) is 41.1 Å². The largest absolute Gasteiger partial charge is 0.359 e. The van der Waals surface area contributed by atoms with Gasteiger partial charge in [-0.3, -0.25) is 10.00 Å². The predicted octanol–water partition coefficient (Wildman–Crippen LogP) is 4.83. The van der Waals surface area contributed by atoms with Gasteiger partial charge >= 0.3 is 0 Å². The molecule has 3 heterocycles. The summed E-state index contributed by atoms with van der Waals surface area (Å²) in [4.78, 5) is 2.48. The number of hydrogen-bond donors (Lipinski definition) is 1. The summed E-state index contributed by atoms with van der Waals surface area (Å²) < 4.78 is 5.67. The lowest BCUT2D eigenvalue weighted by molar-refractivity contribution is 0.206. The molecular formula is C21H26N4O. The predicted molar refractivity (Wildman–Crippen MR) is 102 cm³/mol. The van der Waals surface area contributed by atoms with E-state index in [2.05, 4.69) is 71.4 Å². The molecule has 1 N–H and O–H groups in total. The lowest BCUT2D eigenvalue weighted by atomic mass is 10.1. The van der Waals surface area contributed by atoms with Gasteiger partial charge in [-0.1, -0.05) is 48.8 Å². The molecule has 1 fully saturated rings. The van der Waals surface area contributed by atoms with Crippen LogP contribution in [0.2, 0.25) is 0 Å². The first-order valence-corrected chi connectivity index (χ1v) is 9.41. The van der Waals surface area contributed by atoms with E-state index in [1.54, 1.807) is 0 Å². The number of rotatable bonds is 5. The molecule has 136 valence electrons. The van der Waals surface area contributed by atoms with Crippen LogP contribution in [0.3, 0.4) is 0 Å². The topological polar surface area (TPSA) is 58.0 Å². The van der Waals surface area contributed by atoms with Gasteiger partial charge in [-0.15, -0.1) is 0 Å². The van der Waals surface area contributed by atoms with E-state index in [1.165, 1.54) is 23.1 Å².